The number of benzene rings is 2. The first-order valence-electron chi connectivity index (χ1n) is 10.3. The normalized spacial score (nSPS) is 13.1. The predicted octanol–water partition coefficient (Wildman–Crippen LogP) is 2.56. The number of amides is 2. The van der Waals surface area contributed by atoms with Gasteiger partial charge in [0.1, 0.15) is 11.4 Å². The number of nitrogens with zero attached hydrogens (tertiary/aromatic N) is 2. The van der Waals surface area contributed by atoms with Crippen LogP contribution >= 0.6 is 0 Å². The van der Waals surface area contributed by atoms with Crippen molar-refractivity contribution < 1.29 is 9.59 Å². The van der Waals surface area contributed by atoms with Crippen LogP contribution in [0.15, 0.2) is 59.5 Å². The number of H-pyrrole nitrogens is 2. The lowest BCUT2D eigenvalue weighted by atomic mass is 10.1. The molecule has 0 aliphatic heterocycles. The molecule has 1 aliphatic carbocycles. The molecule has 32 heavy (non-hydrogen) atoms. The summed E-state index contributed by atoms with van der Waals surface area (Å²) in [5.41, 5.74) is 1.54. The van der Waals surface area contributed by atoms with Gasteiger partial charge in [-0.1, -0.05) is 24.3 Å². The molecule has 2 aromatic carbocycles. The van der Waals surface area contributed by atoms with E-state index in [0.717, 1.165) is 24.2 Å². The first kappa shape index (κ1) is 19.7. The van der Waals surface area contributed by atoms with Crippen LogP contribution in [0.3, 0.4) is 0 Å². The molecule has 4 aromatic rings. The second kappa shape index (κ2) is 8.10. The molecule has 1 aliphatic rings. The number of hydrogen-bond donors (Lipinski definition) is 4. The van der Waals surface area contributed by atoms with Crippen LogP contribution in [0.25, 0.3) is 22.3 Å². The monoisotopic (exact) mass is 428 g/mol. The third-order valence-corrected chi connectivity index (χ3v) is 5.31. The maximum atomic E-state index is 12.5. The Morgan fingerprint density at radius 1 is 1.09 bits per heavy atom. The molecule has 160 valence electrons. The molecule has 9 nitrogen and oxygen atoms in total. The van der Waals surface area contributed by atoms with E-state index in [1.54, 1.807) is 42.5 Å². The average Bonchev–Trinajstić information content (AvgIpc) is 3.54. The number of carbonyl (C=O) groups is 2. The van der Waals surface area contributed by atoms with Gasteiger partial charge in [-0.05, 0) is 37.1 Å². The molecule has 2 aromatic heterocycles. The summed E-state index contributed by atoms with van der Waals surface area (Å²) in [5, 5.41) is 12.9. The SMILES string of the molecule is O=C(CNC(=O)c1c[nH]c2ccccc2c1=O)Nc1cccc(-c2n[nH]c(C3CC3)n2)c1. The molecule has 5 rings (SSSR count). The summed E-state index contributed by atoms with van der Waals surface area (Å²) in [5.74, 6) is 0.904. The van der Waals surface area contributed by atoms with Gasteiger partial charge in [-0.2, -0.15) is 5.10 Å². The number of aromatic amines is 2. The van der Waals surface area contributed by atoms with Gasteiger partial charge in [-0.3, -0.25) is 19.5 Å². The maximum Gasteiger partial charge on any atom is 0.257 e. The van der Waals surface area contributed by atoms with Gasteiger partial charge in [0.25, 0.3) is 5.91 Å². The smallest absolute Gasteiger partial charge is 0.257 e. The van der Waals surface area contributed by atoms with Gasteiger partial charge >= 0.3 is 0 Å². The largest absolute Gasteiger partial charge is 0.360 e. The molecule has 0 unspecified atom stereocenters. The highest BCUT2D eigenvalue weighted by molar-refractivity contribution is 6.00. The number of fused-ring (bicyclic) bond motifs is 1. The number of carbonyl (C=O) groups excluding carboxylic acids is 2. The van der Waals surface area contributed by atoms with Crippen molar-refractivity contribution in [3.05, 3.63) is 76.3 Å². The Balaban J connectivity index is 1.23. The van der Waals surface area contributed by atoms with Gasteiger partial charge in [-0.15, -0.1) is 0 Å². The van der Waals surface area contributed by atoms with E-state index in [9.17, 15) is 14.4 Å². The van der Waals surface area contributed by atoms with E-state index >= 15 is 0 Å². The van der Waals surface area contributed by atoms with Crippen LogP contribution in [0.2, 0.25) is 0 Å². The third-order valence-electron chi connectivity index (χ3n) is 5.31. The number of nitrogens with one attached hydrogen (secondary N) is 4. The Morgan fingerprint density at radius 2 is 1.94 bits per heavy atom. The van der Waals surface area contributed by atoms with Crippen molar-refractivity contribution >= 4 is 28.4 Å². The third kappa shape index (κ3) is 4.00. The summed E-state index contributed by atoms with van der Waals surface area (Å²) < 4.78 is 0. The van der Waals surface area contributed by atoms with Crippen molar-refractivity contribution in [2.75, 3.05) is 11.9 Å². The zero-order chi connectivity index (χ0) is 22.1. The van der Waals surface area contributed by atoms with Crippen molar-refractivity contribution in [1.82, 2.24) is 25.5 Å². The number of hydrogen-bond acceptors (Lipinski definition) is 5. The van der Waals surface area contributed by atoms with Crippen molar-refractivity contribution in [2.24, 2.45) is 0 Å². The zero-order valence-corrected chi connectivity index (χ0v) is 17.0. The number of para-hydroxylation sites is 1. The fraction of sp³-hybridized carbons (Fsp3) is 0.174. The highest BCUT2D eigenvalue weighted by Gasteiger charge is 2.27. The molecule has 0 atom stereocenters. The van der Waals surface area contributed by atoms with E-state index in [1.807, 2.05) is 6.07 Å². The fourth-order valence-corrected chi connectivity index (χ4v) is 3.48. The number of aromatic nitrogens is 4. The van der Waals surface area contributed by atoms with Gasteiger partial charge in [0.05, 0.1) is 6.54 Å². The van der Waals surface area contributed by atoms with Crippen LogP contribution in [0, 0.1) is 0 Å². The van der Waals surface area contributed by atoms with Crippen LogP contribution < -0.4 is 16.1 Å². The highest BCUT2D eigenvalue weighted by Crippen LogP contribution is 2.38. The van der Waals surface area contributed by atoms with Crippen LogP contribution in [-0.4, -0.2) is 38.5 Å². The van der Waals surface area contributed by atoms with E-state index in [0.29, 0.717) is 28.3 Å². The Hall–Kier alpha value is -4.27. The molecule has 0 radical (unpaired) electrons. The lowest BCUT2D eigenvalue weighted by molar-refractivity contribution is -0.115. The molecule has 0 bridgehead atoms. The second-order valence-electron chi connectivity index (χ2n) is 7.71. The molecule has 0 spiro atoms. The Kier molecular flexibility index (Phi) is 4.98. The van der Waals surface area contributed by atoms with E-state index < -0.39 is 11.8 Å². The minimum atomic E-state index is -0.616. The van der Waals surface area contributed by atoms with Crippen molar-refractivity contribution in [1.29, 1.82) is 0 Å². The van der Waals surface area contributed by atoms with Crippen LogP contribution in [-0.2, 0) is 4.79 Å². The molecule has 1 fully saturated rings. The zero-order valence-electron chi connectivity index (χ0n) is 17.0. The molecule has 2 amide bonds. The maximum absolute atomic E-state index is 12.5. The van der Waals surface area contributed by atoms with Crippen LogP contribution in [0.1, 0.15) is 34.9 Å². The first-order chi connectivity index (χ1) is 15.6. The Bertz CT molecular complexity index is 1390. The van der Waals surface area contributed by atoms with Gasteiger partial charge in [-0.25, -0.2) is 4.98 Å². The molecular formula is C23H20N6O3. The molecule has 0 saturated heterocycles. The summed E-state index contributed by atoms with van der Waals surface area (Å²) in [6.45, 7) is -0.276. The summed E-state index contributed by atoms with van der Waals surface area (Å²) in [4.78, 5) is 44.8. The Labute approximate surface area is 182 Å². The molecule has 9 heteroatoms. The van der Waals surface area contributed by atoms with Crippen LogP contribution in [0.4, 0.5) is 5.69 Å². The number of pyridine rings is 1. The predicted molar refractivity (Wildman–Crippen MR) is 119 cm³/mol. The lowest BCUT2D eigenvalue weighted by Crippen LogP contribution is -2.35. The fourth-order valence-electron chi connectivity index (χ4n) is 3.48. The molecule has 2 heterocycles. The number of rotatable bonds is 6. The lowest BCUT2D eigenvalue weighted by Gasteiger charge is -2.08. The summed E-state index contributed by atoms with van der Waals surface area (Å²) in [6, 6.07) is 14.1. The van der Waals surface area contributed by atoms with E-state index in [-0.39, 0.29) is 17.5 Å². The minimum absolute atomic E-state index is 0.0467. The second-order valence-corrected chi connectivity index (χ2v) is 7.71. The van der Waals surface area contributed by atoms with Crippen molar-refractivity contribution in [2.45, 2.75) is 18.8 Å². The average molecular weight is 428 g/mol. The highest BCUT2D eigenvalue weighted by atomic mass is 16.2. The molecular weight excluding hydrogens is 408 g/mol. The number of anilines is 1. The van der Waals surface area contributed by atoms with Crippen molar-refractivity contribution in [3.63, 3.8) is 0 Å². The minimum Gasteiger partial charge on any atom is -0.360 e. The summed E-state index contributed by atoms with van der Waals surface area (Å²) in [7, 11) is 0. The van der Waals surface area contributed by atoms with E-state index in [4.69, 9.17) is 0 Å². The van der Waals surface area contributed by atoms with Crippen LogP contribution in [0.5, 0.6) is 0 Å². The van der Waals surface area contributed by atoms with E-state index in [2.05, 4.69) is 30.8 Å². The quantitative estimate of drug-likeness (QED) is 0.375. The topological polar surface area (TPSA) is 133 Å². The van der Waals surface area contributed by atoms with Gasteiger partial charge in [0, 0.05) is 34.3 Å². The molecule has 1 saturated carbocycles. The summed E-state index contributed by atoms with van der Waals surface area (Å²) >= 11 is 0. The molecule has 4 N–H and O–H groups in total. The van der Waals surface area contributed by atoms with Gasteiger partial charge in [0.15, 0.2) is 5.82 Å². The van der Waals surface area contributed by atoms with Gasteiger partial charge in [0.2, 0.25) is 11.3 Å². The van der Waals surface area contributed by atoms with Gasteiger partial charge < -0.3 is 15.6 Å². The standard InChI is InChI=1S/C23H20N6O3/c30-19(12-25-23(32)17-11-24-18-7-2-1-6-16(18)20(17)31)26-15-5-3-4-14(10-15)22-27-21(28-29-22)13-8-9-13/h1-7,10-11,13H,8-9,12H2,(H,24,31)(H,25,32)(H,26,30)(H,27,28,29). The summed E-state index contributed by atoms with van der Waals surface area (Å²) in [6.07, 6.45) is 3.61. The van der Waals surface area contributed by atoms with E-state index in [1.165, 1.54) is 6.20 Å². The van der Waals surface area contributed by atoms with Crippen molar-refractivity contribution in [3.8, 4) is 11.4 Å². The first-order valence-corrected chi connectivity index (χ1v) is 10.3. The Morgan fingerprint density at radius 3 is 2.78 bits per heavy atom.